The summed E-state index contributed by atoms with van der Waals surface area (Å²) in [6.45, 7) is 1.13. The Bertz CT molecular complexity index is 317. The topological polar surface area (TPSA) is 75.8 Å². The quantitative estimate of drug-likeness (QED) is 0.674. The van der Waals surface area contributed by atoms with Crippen molar-refractivity contribution >= 4 is 23.1 Å². The summed E-state index contributed by atoms with van der Waals surface area (Å²) in [5, 5.41) is 9.11. The predicted octanol–water partition coefficient (Wildman–Crippen LogP) is 0.690. The molecule has 1 amide bonds. The van der Waals surface area contributed by atoms with Gasteiger partial charge in [0, 0.05) is 20.2 Å². The van der Waals surface area contributed by atoms with E-state index in [1.807, 2.05) is 0 Å². The van der Waals surface area contributed by atoms with Crippen molar-refractivity contribution in [2.45, 2.75) is 32.1 Å². The number of methoxy groups -OCH3 is 1. The molecule has 0 atom stereocenters. The van der Waals surface area contributed by atoms with E-state index in [1.54, 1.807) is 12.0 Å². The number of aliphatic hydroxyl groups is 1. The third-order valence-corrected chi connectivity index (χ3v) is 4.20. The standard InChI is InChI=1S/C13H24N2O3S/c1-18-10-8-15(7-9-16)12(17)13(11(14)19)5-3-2-4-6-13/h16H,2-10H2,1H3,(H2,14,19). The molecule has 3 N–H and O–H groups in total. The highest BCUT2D eigenvalue weighted by atomic mass is 32.1. The number of carbonyl (C=O) groups excluding carboxylic acids is 1. The Morgan fingerprint density at radius 3 is 2.47 bits per heavy atom. The number of hydrogen-bond donors (Lipinski definition) is 2. The van der Waals surface area contributed by atoms with Crippen LogP contribution in [-0.2, 0) is 9.53 Å². The molecule has 0 saturated heterocycles. The van der Waals surface area contributed by atoms with Crippen LogP contribution in [0.3, 0.4) is 0 Å². The number of nitrogens with two attached hydrogens (primary N) is 1. The van der Waals surface area contributed by atoms with E-state index < -0.39 is 5.41 Å². The van der Waals surface area contributed by atoms with Crippen LogP contribution in [0, 0.1) is 5.41 Å². The van der Waals surface area contributed by atoms with Gasteiger partial charge in [-0.25, -0.2) is 0 Å². The molecular formula is C13H24N2O3S. The Labute approximate surface area is 120 Å². The highest BCUT2D eigenvalue weighted by Crippen LogP contribution is 2.38. The van der Waals surface area contributed by atoms with Crippen molar-refractivity contribution in [1.82, 2.24) is 4.90 Å². The average molecular weight is 288 g/mol. The number of thiocarbonyl (C=S) groups is 1. The molecule has 19 heavy (non-hydrogen) atoms. The summed E-state index contributed by atoms with van der Waals surface area (Å²) in [5.74, 6) is -0.0502. The third kappa shape index (κ3) is 3.87. The summed E-state index contributed by atoms with van der Waals surface area (Å²) in [7, 11) is 1.59. The van der Waals surface area contributed by atoms with Crippen molar-refractivity contribution in [1.29, 1.82) is 0 Å². The Kier molecular flexibility index (Phi) is 6.68. The van der Waals surface area contributed by atoms with Crippen LogP contribution in [-0.4, -0.2) is 54.3 Å². The van der Waals surface area contributed by atoms with Crippen molar-refractivity contribution in [2.24, 2.45) is 11.1 Å². The Morgan fingerprint density at radius 1 is 1.37 bits per heavy atom. The van der Waals surface area contributed by atoms with E-state index in [1.165, 1.54) is 0 Å². The number of hydrogen-bond acceptors (Lipinski definition) is 4. The summed E-state index contributed by atoms with van der Waals surface area (Å²) >= 11 is 5.16. The van der Waals surface area contributed by atoms with Crippen molar-refractivity contribution in [3.05, 3.63) is 0 Å². The van der Waals surface area contributed by atoms with E-state index in [0.717, 1.165) is 32.1 Å². The van der Waals surface area contributed by atoms with Crippen LogP contribution in [0.1, 0.15) is 32.1 Å². The minimum absolute atomic E-state index is 0.0502. The molecule has 1 saturated carbocycles. The first kappa shape index (κ1) is 16.3. The number of nitrogens with zero attached hydrogens (tertiary/aromatic N) is 1. The predicted molar refractivity (Wildman–Crippen MR) is 77.8 cm³/mol. The van der Waals surface area contributed by atoms with Gasteiger partial charge in [-0.1, -0.05) is 31.5 Å². The molecule has 0 aromatic rings. The largest absolute Gasteiger partial charge is 0.395 e. The van der Waals surface area contributed by atoms with Gasteiger partial charge in [0.15, 0.2) is 0 Å². The molecule has 110 valence electrons. The first-order chi connectivity index (χ1) is 9.08. The average Bonchev–Trinajstić information content (AvgIpc) is 2.43. The monoisotopic (exact) mass is 288 g/mol. The van der Waals surface area contributed by atoms with E-state index in [0.29, 0.717) is 19.7 Å². The van der Waals surface area contributed by atoms with E-state index in [2.05, 4.69) is 0 Å². The molecule has 0 aromatic carbocycles. The highest BCUT2D eigenvalue weighted by molar-refractivity contribution is 7.80. The maximum absolute atomic E-state index is 12.7. The van der Waals surface area contributed by atoms with Gasteiger partial charge in [-0.2, -0.15) is 0 Å². The molecule has 0 radical (unpaired) electrons. The molecule has 1 aliphatic rings. The molecular weight excluding hydrogens is 264 g/mol. The van der Waals surface area contributed by atoms with Gasteiger partial charge in [-0.15, -0.1) is 0 Å². The fourth-order valence-electron chi connectivity index (χ4n) is 2.66. The van der Waals surface area contributed by atoms with Gasteiger partial charge in [0.05, 0.1) is 23.6 Å². The minimum atomic E-state index is -0.712. The van der Waals surface area contributed by atoms with Gasteiger partial charge in [0.1, 0.15) is 0 Å². The van der Waals surface area contributed by atoms with E-state index in [-0.39, 0.29) is 17.5 Å². The first-order valence-corrected chi connectivity index (χ1v) is 7.18. The van der Waals surface area contributed by atoms with Gasteiger partial charge < -0.3 is 20.5 Å². The zero-order valence-corrected chi connectivity index (χ0v) is 12.4. The lowest BCUT2D eigenvalue weighted by Gasteiger charge is -2.38. The molecule has 0 unspecified atom stereocenters. The molecule has 0 aliphatic heterocycles. The van der Waals surface area contributed by atoms with Gasteiger partial charge in [-0.3, -0.25) is 4.79 Å². The number of amides is 1. The van der Waals surface area contributed by atoms with Gasteiger partial charge >= 0.3 is 0 Å². The lowest BCUT2D eigenvalue weighted by Crippen LogP contribution is -2.53. The van der Waals surface area contributed by atoms with Crippen LogP contribution < -0.4 is 5.73 Å². The molecule has 0 heterocycles. The molecule has 6 heteroatoms. The van der Waals surface area contributed by atoms with Crippen LogP contribution in [0.15, 0.2) is 0 Å². The van der Waals surface area contributed by atoms with E-state index >= 15 is 0 Å². The minimum Gasteiger partial charge on any atom is -0.395 e. The maximum Gasteiger partial charge on any atom is 0.235 e. The molecule has 1 fully saturated rings. The van der Waals surface area contributed by atoms with Crippen molar-refractivity contribution in [3.63, 3.8) is 0 Å². The Hall–Kier alpha value is -0.720. The maximum atomic E-state index is 12.7. The Morgan fingerprint density at radius 2 is 2.00 bits per heavy atom. The summed E-state index contributed by atoms with van der Waals surface area (Å²) in [5.41, 5.74) is 5.14. The van der Waals surface area contributed by atoms with Gasteiger partial charge in [0.2, 0.25) is 5.91 Å². The molecule has 0 bridgehead atoms. The zero-order valence-electron chi connectivity index (χ0n) is 11.6. The lowest BCUT2D eigenvalue weighted by molar-refractivity contribution is -0.141. The summed E-state index contributed by atoms with van der Waals surface area (Å²) < 4.78 is 5.01. The summed E-state index contributed by atoms with van der Waals surface area (Å²) in [4.78, 5) is 14.7. The number of ether oxygens (including phenoxy) is 1. The number of aliphatic hydroxyl groups excluding tert-OH is 1. The second kappa shape index (κ2) is 7.77. The Balaban J connectivity index is 2.86. The second-order valence-electron chi connectivity index (χ2n) is 5.02. The first-order valence-electron chi connectivity index (χ1n) is 6.77. The SMILES string of the molecule is COCCN(CCO)C(=O)C1(C(N)=S)CCCCC1. The van der Waals surface area contributed by atoms with Crippen molar-refractivity contribution < 1.29 is 14.6 Å². The summed E-state index contributed by atoms with van der Waals surface area (Å²) in [6.07, 6.45) is 4.50. The van der Waals surface area contributed by atoms with Crippen LogP contribution in [0.2, 0.25) is 0 Å². The van der Waals surface area contributed by atoms with Crippen LogP contribution in [0.25, 0.3) is 0 Å². The van der Waals surface area contributed by atoms with Crippen LogP contribution in [0.4, 0.5) is 0 Å². The van der Waals surface area contributed by atoms with Gasteiger partial charge in [-0.05, 0) is 12.8 Å². The smallest absolute Gasteiger partial charge is 0.235 e. The van der Waals surface area contributed by atoms with Crippen LogP contribution in [0.5, 0.6) is 0 Å². The lowest BCUT2D eigenvalue weighted by atomic mass is 9.73. The molecule has 0 spiro atoms. The molecule has 0 aromatic heterocycles. The van der Waals surface area contributed by atoms with E-state index in [4.69, 9.17) is 27.8 Å². The molecule has 5 nitrogen and oxygen atoms in total. The highest BCUT2D eigenvalue weighted by Gasteiger charge is 2.44. The van der Waals surface area contributed by atoms with Gasteiger partial charge in [0.25, 0.3) is 0 Å². The molecule has 1 rings (SSSR count). The normalized spacial score (nSPS) is 18.0. The third-order valence-electron chi connectivity index (χ3n) is 3.81. The fourth-order valence-corrected chi connectivity index (χ4v) is 2.95. The second-order valence-corrected chi connectivity index (χ2v) is 5.46. The van der Waals surface area contributed by atoms with Crippen molar-refractivity contribution in [2.75, 3.05) is 33.4 Å². The zero-order chi connectivity index (χ0) is 14.3. The number of rotatable bonds is 7. The van der Waals surface area contributed by atoms with Crippen LogP contribution >= 0.6 is 12.2 Å². The molecule has 1 aliphatic carbocycles. The summed E-state index contributed by atoms with van der Waals surface area (Å²) in [6, 6.07) is 0. The fraction of sp³-hybridized carbons (Fsp3) is 0.846. The van der Waals surface area contributed by atoms with E-state index in [9.17, 15) is 4.79 Å². The number of carbonyl (C=O) groups is 1. The van der Waals surface area contributed by atoms with Crippen molar-refractivity contribution in [3.8, 4) is 0 Å².